The molecule has 1 amide bonds. The minimum Gasteiger partial charge on any atom is -0.506 e. The Morgan fingerprint density at radius 2 is 2.17 bits per heavy atom. The van der Waals surface area contributed by atoms with Gasteiger partial charge in [-0.1, -0.05) is 11.6 Å². The van der Waals surface area contributed by atoms with Gasteiger partial charge in [-0.3, -0.25) is 9.78 Å². The van der Waals surface area contributed by atoms with E-state index in [0.29, 0.717) is 22.4 Å². The van der Waals surface area contributed by atoms with Crippen LogP contribution in [0.5, 0.6) is 5.75 Å². The summed E-state index contributed by atoms with van der Waals surface area (Å²) >= 11 is 5.79. The third kappa shape index (κ3) is 4.21. The minimum absolute atomic E-state index is 0.0574. The number of pyridine rings is 1. The number of benzene rings is 1. The second kappa shape index (κ2) is 7.94. The van der Waals surface area contributed by atoms with E-state index < -0.39 is 0 Å². The quantitative estimate of drug-likeness (QED) is 0.380. The fraction of sp³-hybridized carbons (Fsp3) is 0. The van der Waals surface area contributed by atoms with Crippen LogP contribution in [0, 0.1) is 5.41 Å². The maximum atomic E-state index is 12.0. The van der Waals surface area contributed by atoms with E-state index in [4.69, 9.17) is 22.7 Å². The maximum Gasteiger partial charge on any atom is 0.248 e. The Morgan fingerprint density at radius 3 is 2.83 bits per heavy atom. The van der Waals surface area contributed by atoms with E-state index in [1.54, 1.807) is 24.5 Å². The molecule has 0 radical (unpaired) electrons. The molecule has 24 heavy (non-hydrogen) atoms. The van der Waals surface area contributed by atoms with Crippen molar-refractivity contribution in [1.29, 1.82) is 5.41 Å². The van der Waals surface area contributed by atoms with E-state index in [1.807, 2.05) is 0 Å². The first-order valence-electron chi connectivity index (χ1n) is 6.89. The van der Waals surface area contributed by atoms with Crippen LogP contribution in [0.25, 0.3) is 11.6 Å². The summed E-state index contributed by atoms with van der Waals surface area (Å²) in [5.74, 6) is -0.433. The topological polar surface area (TPSA) is 112 Å². The number of carbonyl (C=O) groups is 1. The number of nitrogens with zero attached hydrogens (tertiary/aromatic N) is 1. The summed E-state index contributed by atoms with van der Waals surface area (Å²) in [6.07, 6.45) is 8.51. The van der Waals surface area contributed by atoms with Crippen molar-refractivity contribution in [2.45, 2.75) is 0 Å². The Balaban J connectivity index is 2.17. The summed E-state index contributed by atoms with van der Waals surface area (Å²) in [5, 5.41) is 19.5. The maximum absolute atomic E-state index is 12.0. The number of hydrogen-bond donors (Lipinski definition) is 4. The Labute approximate surface area is 143 Å². The average Bonchev–Trinajstić information content (AvgIpc) is 2.58. The number of phenols is 1. The molecule has 0 aliphatic rings. The van der Waals surface area contributed by atoms with Gasteiger partial charge in [-0.05, 0) is 35.9 Å². The number of allylic oxidation sites excluding steroid dienone is 1. The zero-order chi connectivity index (χ0) is 17.5. The molecule has 5 N–H and O–H groups in total. The molecule has 0 atom stereocenters. The molecule has 0 fully saturated rings. The first-order chi connectivity index (χ1) is 11.5. The summed E-state index contributed by atoms with van der Waals surface area (Å²) in [6.45, 7) is 0. The molecule has 6 nitrogen and oxygen atoms in total. The second-order valence-corrected chi connectivity index (χ2v) is 5.13. The van der Waals surface area contributed by atoms with E-state index in [-0.39, 0.29) is 16.7 Å². The first-order valence-corrected chi connectivity index (χ1v) is 7.27. The van der Waals surface area contributed by atoms with Gasteiger partial charge in [-0.15, -0.1) is 0 Å². The van der Waals surface area contributed by atoms with Gasteiger partial charge in [-0.25, -0.2) is 0 Å². The highest BCUT2D eigenvalue weighted by Crippen LogP contribution is 2.26. The van der Waals surface area contributed by atoms with Crippen molar-refractivity contribution in [2.24, 2.45) is 5.73 Å². The molecule has 2 aromatic rings. The molecule has 2 rings (SSSR count). The number of nitrogens with two attached hydrogens (primary N) is 1. The monoisotopic (exact) mass is 342 g/mol. The zero-order valence-corrected chi connectivity index (χ0v) is 13.3. The van der Waals surface area contributed by atoms with Gasteiger partial charge in [-0.2, -0.15) is 0 Å². The Morgan fingerprint density at radius 1 is 1.38 bits per heavy atom. The highest BCUT2D eigenvalue weighted by Gasteiger charge is 2.05. The number of rotatable bonds is 5. The van der Waals surface area contributed by atoms with Gasteiger partial charge in [0.2, 0.25) is 5.91 Å². The van der Waals surface area contributed by atoms with Crippen molar-refractivity contribution in [3.63, 3.8) is 0 Å². The SMILES string of the molecule is N=C/C(=C\N)c1ccncc1/C=C/C(=O)Nc1ccc(O)c(Cl)c1. The van der Waals surface area contributed by atoms with Crippen molar-refractivity contribution in [3.05, 3.63) is 65.1 Å². The third-order valence-electron chi connectivity index (χ3n) is 3.13. The normalized spacial score (nSPS) is 11.5. The smallest absolute Gasteiger partial charge is 0.248 e. The minimum atomic E-state index is -0.375. The number of carbonyl (C=O) groups excluding carboxylic acids is 1. The van der Waals surface area contributed by atoms with E-state index in [9.17, 15) is 9.90 Å². The Kier molecular flexibility index (Phi) is 5.70. The van der Waals surface area contributed by atoms with Crippen LogP contribution in [0.1, 0.15) is 11.1 Å². The molecule has 1 aromatic carbocycles. The van der Waals surface area contributed by atoms with Crippen molar-refractivity contribution < 1.29 is 9.90 Å². The van der Waals surface area contributed by atoms with E-state index in [0.717, 1.165) is 6.21 Å². The van der Waals surface area contributed by atoms with Crippen LogP contribution in [0.4, 0.5) is 5.69 Å². The molecule has 1 heterocycles. The largest absolute Gasteiger partial charge is 0.506 e. The summed E-state index contributed by atoms with van der Waals surface area (Å²) in [6, 6.07) is 6.08. The van der Waals surface area contributed by atoms with Crippen molar-refractivity contribution in [3.8, 4) is 5.75 Å². The standard InChI is InChI=1S/C17H15ClN4O2/c18-15-7-13(2-3-16(15)23)22-17(24)4-1-11-10-21-6-5-14(11)12(8-19)9-20/h1-10,19,23H,20H2,(H,22,24)/b4-1+,12-9+,19-8?. The molecule has 7 heteroatoms. The van der Waals surface area contributed by atoms with Crippen LogP contribution in [-0.2, 0) is 4.79 Å². The Hall–Kier alpha value is -3.12. The van der Waals surface area contributed by atoms with Crippen LogP contribution in [0.3, 0.4) is 0 Å². The van der Waals surface area contributed by atoms with Gasteiger partial charge < -0.3 is 21.6 Å². The third-order valence-corrected chi connectivity index (χ3v) is 3.43. The molecular weight excluding hydrogens is 328 g/mol. The number of halogens is 1. The number of nitrogens with one attached hydrogen (secondary N) is 2. The first kappa shape index (κ1) is 17.2. The number of amides is 1. The number of anilines is 1. The number of aromatic hydroxyl groups is 1. The fourth-order valence-electron chi connectivity index (χ4n) is 1.95. The van der Waals surface area contributed by atoms with Crippen LogP contribution >= 0.6 is 11.6 Å². The molecule has 0 bridgehead atoms. The molecule has 0 spiro atoms. The lowest BCUT2D eigenvalue weighted by Gasteiger charge is -2.06. The van der Waals surface area contributed by atoms with Gasteiger partial charge in [0.25, 0.3) is 0 Å². The average molecular weight is 343 g/mol. The molecule has 0 saturated heterocycles. The van der Waals surface area contributed by atoms with Crippen LogP contribution in [0.15, 0.2) is 48.9 Å². The molecule has 0 unspecified atom stereocenters. The molecule has 0 aliphatic heterocycles. The fourth-order valence-corrected chi connectivity index (χ4v) is 2.13. The van der Waals surface area contributed by atoms with Gasteiger partial charge in [0.15, 0.2) is 0 Å². The Bertz CT molecular complexity index is 831. The molecular formula is C17H15ClN4O2. The second-order valence-electron chi connectivity index (χ2n) is 4.72. The van der Waals surface area contributed by atoms with Gasteiger partial charge in [0.05, 0.1) is 5.02 Å². The van der Waals surface area contributed by atoms with Crippen molar-refractivity contribution in [2.75, 3.05) is 5.32 Å². The van der Waals surface area contributed by atoms with Gasteiger partial charge in [0.1, 0.15) is 5.75 Å². The predicted molar refractivity (Wildman–Crippen MR) is 96.0 cm³/mol. The molecule has 122 valence electrons. The lowest BCUT2D eigenvalue weighted by Crippen LogP contribution is -2.07. The van der Waals surface area contributed by atoms with E-state index in [1.165, 1.54) is 30.5 Å². The van der Waals surface area contributed by atoms with Crippen LogP contribution in [-0.4, -0.2) is 22.2 Å². The summed E-state index contributed by atoms with van der Waals surface area (Å²) in [5.41, 5.74) is 7.82. The molecule has 0 saturated carbocycles. The van der Waals surface area contributed by atoms with Crippen LogP contribution < -0.4 is 11.1 Å². The van der Waals surface area contributed by atoms with E-state index in [2.05, 4.69) is 10.3 Å². The molecule has 0 aliphatic carbocycles. The highest BCUT2D eigenvalue weighted by molar-refractivity contribution is 6.32. The number of phenolic OH excluding ortho intramolecular Hbond substituents is 1. The van der Waals surface area contributed by atoms with Crippen LogP contribution in [0.2, 0.25) is 5.02 Å². The number of hydrogen-bond acceptors (Lipinski definition) is 5. The summed E-state index contributed by atoms with van der Waals surface area (Å²) in [4.78, 5) is 16.0. The predicted octanol–water partition coefficient (Wildman–Crippen LogP) is 3.04. The summed E-state index contributed by atoms with van der Waals surface area (Å²) < 4.78 is 0. The lowest BCUT2D eigenvalue weighted by atomic mass is 10.0. The molecule has 1 aromatic heterocycles. The summed E-state index contributed by atoms with van der Waals surface area (Å²) in [7, 11) is 0. The zero-order valence-electron chi connectivity index (χ0n) is 12.5. The van der Waals surface area contributed by atoms with Crippen molar-refractivity contribution in [1.82, 2.24) is 4.98 Å². The van der Waals surface area contributed by atoms with Gasteiger partial charge >= 0.3 is 0 Å². The van der Waals surface area contributed by atoms with Gasteiger partial charge in [0, 0.05) is 47.7 Å². The number of aromatic nitrogens is 1. The van der Waals surface area contributed by atoms with Crippen molar-refractivity contribution >= 4 is 41.1 Å². The lowest BCUT2D eigenvalue weighted by molar-refractivity contribution is -0.111. The highest BCUT2D eigenvalue weighted by atomic mass is 35.5. The van der Waals surface area contributed by atoms with E-state index >= 15 is 0 Å².